The van der Waals surface area contributed by atoms with Crippen LogP contribution in [0, 0.1) is 5.92 Å². The Morgan fingerprint density at radius 1 is 1.45 bits per heavy atom. The average Bonchev–Trinajstić information content (AvgIpc) is 1.99. The Bertz CT molecular complexity index is 117. The molecule has 1 aliphatic rings. The molecule has 0 spiro atoms. The fraction of sp³-hybridized carbons (Fsp3) is 1.00. The fourth-order valence-corrected chi connectivity index (χ4v) is 1.71. The van der Waals surface area contributed by atoms with Crippen LogP contribution in [0.1, 0.15) is 19.8 Å². The highest BCUT2D eigenvalue weighted by Gasteiger charge is 2.31. The van der Waals surface area contributed by atoms with Gasteiger partial charge in [-0.3, -0.25) is 0 Å². The average molecular weight is 159 g/mol. The van der Waals surface area contributed by atoms with Gasteiger partial charge in [0.05, 0.1) is 12.2 Å². The van der Waals surface area contributed by atoms with Crippen LogP contribution in [0.25, 0.3) is 0 Å². The van der Waals surface area contributed by atoms with E-state index in [1.807, 2.05) is 6.92 Å². The van der Waals surface area contributed by atoms with Gasteiger partial charge in [-0.05, 0) is 18.8 Å². The minimum atomic E-state index is -0.346. The molecule has 0 aromatic heterocycles. The van der Waals surface area contributed by atoms with Crippen LogP contribution in [0.15, 0.2) is 0 Å². The molecule has 3 nitrogen and oxygen atoms in total. The predicted octanol–water partition coefficient (Wildman–Crippen LogP) is 0.120. The van der Waals surface area contributed by atoms with Gasteiger partial charge in [-0.15, -0.1) is 0 Å². The highest BCUT2D eigenvalue weighted by molar-refractivity contribution is 4.86. The monoisotopic (exact) mass is 159 g/mol. The van der Waals surface area contributed by atoms with E-state index in [0.29, 0.717) is 0 Å². The molecular weight excluding hydrogens is 142 g/mol. The Morgan fingerprint density at radius 2 is 2.09 bits per heavy atom. The first kappa shape index (κ1) is 8.97. The standard InChI is InChI=1S/C8H17NO2/c1-5-3-6(11-2)4-7(9)8(5)10/h5-8,10H,3-4,9H2,1-2H3/t5?,6-,7?,8-/m1/s1. The maximum Gasteiger partial charge on any atom is 0.0718 e. The molecule has 1 fully saturated rings. The minimum absolute atomic E-state index is 0.108. The summed E-state index contributed by atoms with van der Waals surface area (Å²) in [5.41, 5.74) is 5.70. The summed E-state index contributed by atoms with van der Waals surface area (Å²) < 4.78 is 5.19. The van der Waals surface area contributed by atoms with Gasteiger partial charge in [0, 0.05) is 13.2 Å². The number of aliphatic hydroxyl groups is 1. The molecule has 1 saturated carbocycles. The highest BCUT2D eigenvalue weighted by Crippen LogP contribution is 2.25. The second-order valence-corrected chi connectivity index (χ2v) is 3.46. The minimum Gasteiger partial charge on any atom is -0.391 e. The van der Waals surface area contributed by atoms with Crippen LogP contribution in [-0.2, 0) is 4.74 Å². The number of rotatable bonds is 1. The molecule has 3 heteroatoms. The van der Waals surface area contributed by atoms with Crippen molar-refractivity contribution in [2.75, 3.05) is 7.11 Å². The molecule has 1 aliphatic carbocycles. The van der Waals surface area contributed by atoms with Crippen LogP contribution >= 0.6 is 0 Å². The van der Waals surface area contributed by atoms with E-state index >= 15 is 0 Å². The Balaban J connectivity index is 2.47. The van der Waals surface area contributed by atoms with Crippen LogP contribution in [-0.4, -0.2) is 30.5 Å². The highest BCUT2D eigenvalue weighted by atomic mass is 16.5. The lowest BCUT2D eigenvalue weighted by atomic mass is 9.83. The molecule has 3 N–H and O–H groups in total. The molecule has 0 saturated heterocycles. The lowest BCUT2D eigenvalue weighted by Gasteiger charge is -2.34. The van der Waals surface area contributed by atoms with Crippen molar-refractivity contribution in [2.24, 2.45) is 11.7 Å². The quantitative estimate of drug-likeness (QED) is 0.571. The largest absolute Gasteiger partial charge is 0.391 e. The Hall–Kier alpha value is -0.120. The van der Waals surface area contributed by atoms with E-state index in [1.54, 1.807) is 7.11 Å². The molecule has 0 amide bonds. The van der Waals surface area contributed by atoms with Gasteiger partial charge in [-0.2, -0.15) is 0 Å². The van der Waals surface area contributed by atoms with Gasteiger partial charge in [0.1, 0.15) is 0 Å². The summed E-state index contributed by atoms with van der Waals surface area (Å²) in [6, 6.07) is -0.108. The molecule has 0 aromatic rings. The fourth-order valence-electron chi connectivity index (χ4n) is 1.71. The molecule has 11 heavy (non-hydrogen) atoms. The third-order valence-electron chi connectivity index (χ3n) is 2.52. The normalized spacial score (nSPS) is 45.8. The SMILES string of the molecule is CO[C@@H]1CC(C)[C@@H](O)C(N)C1. The number of nitrogens with two attached hydrogens (primary N) is 1. The van der Waals surface area contributed by atoms with E-state index < -0.39 is 0 Å². The molecule has 0 radical (unpaired) electrons. The van der Waals surface area contributed by atoms with Crippen molar-refractivity contribution < 1.29 is 9.84 Å². The molecule has 1 rings (SSSR count). The van der Waals surface area contributed by atoms with Crippen LogP contribution in [0.4, 0.5) is 0 Å². The second kappa shape index (κ2) is 3.52. The molecule has 0 bridgehead atoms. The zero-order chi connectivity index (χ0) is 8.43. The van der Waals surface area contributed by atoms with E-state index in [-0.39, 0.29) is 24.2 Å². The Morgan fingerprint density at radius 3 is 2.55 bits per heavy atom. The van der Waals surface area contributed by atoms with E-state index in [2.05, 4.69) is 0 Å². The van der Waals surface area contributed by atoms with Crippen molar-refractivity contribution in [3.8, 4) is 0 Å². The zero-order valence-electron chi connectivity index (χ0n) is 7.16. The number of aliphatic hydroxyl groups excluding tert-OH is 1. The second-order valence-electron chi connectivity index (χ2n) is 3.46. The van der Waals surface area contributed by atoms with E-state index in [4.69, 9.17) is 10.5 Å². The van der Waals surface area contributed by atoms with Gasteiger partial charge >= 0.3 is 0 Å². The van der Waals surface area contributed by atoms with Crippen molar-refractivity contribution in [1.82, 2.24) is 0 Å². The van der Waals surface area contributed by atoms with Crippen molar-refractivity contribution in [1.29, 1.82) is 0 Å². The summed E-state index contributed by atoms with van der Waals surface area (Å²) in [6.07, 6.45) is 1.60. The molecule has 0 aromatic carbocycles. The van der Waals surface area contributed by atoms with Gasteiger partial charge in [0.25, 0.3) is 0 Å². The first-order valence-electron chi connectivity index (χ1n) is 4.11. The molecule has 2 unspecified atom stereocenters. The lowest BCUT2D eigenvalue weighted by molar-refractivity contribution is -0.0204. The molecular formula is C8H17NO2. The third kappa shape index (κ3) is 1.92. The smallest absolute Gasteiger partial charge is 0.0718 e. The van der Waals surface area contributed by atoms with Crippen molar-refractivity contribution >= 4 is 0 Å². The number of hydrogen-bond acceptors (Lipinski definition) is 3. The molecule has 0 aliphatic heterocycles. The van der Waals surface area contributed by atoms with E-state index in [1.165, 1.54) is 0 Å². The Labute approximate surface area is 67.5 Å². The summed E-state index contributed by atoms with van der Waals surface area (Å²) in [5.74, 6) is 0.267. The first-order valence-corrected chi connectivity index (χ1v) is 4.11. The molecule has 66 valence electrons. The van der Waals surface area contributed by atoms with Gasteiger partial charge in [0.2, 0.25) is 0 Å². The van der Waals surface area contributed by atoms with Gasteiger partial charge < -0.3 is 15.6 Å². The summed E-state index contributed by atoms with van der Waals surface area (Å²) in [7, 11) is 1.70. The molecule has 4 atom stereocenters. The van der Waals surface area contributed by atoms with Gasteiger partial charge in [-0.1, -0.05) is 6.92 Å². The van der Waals surface area contributed by atoms with Crippen LogP contribution < -0.4 is 5.73 Å². The van der Waals surface area contributed by atoms with Crippen LogP contribution in [0.2, 0.25) is 0 Å². The van der Waals surface area contributed by atoms with E-state index in [0.717, 1.165) is 12.8 Å². The first-order chi connectivity index (χ1) is 5.15. The summed E-state index contributed by atoms with van der Waals surface area (Å²) in [6.45, 7) is 2.01. The maximum atomic E-state index is 9.48. The topological polar surface area (TPSA) is 55.5 Å². The van der Waals surface area contributed by atoms with Crippen LogP contribution in [0.5, 0.6) is 0 Å². The van der Waals surface area contributed by atoms with Crippen molar-refractivity contribution in [2.45, 2.75) is 38.0 Å². The van der Waals surface area contributed by atoms with Crippen molar-refractivity contribution in [3.05, 3.63) is 0 Å². The Kier molecular flexibility index (Phi) is 2.87. The van der Waals surface area contributed by atoms with Gasteiger partial charge in [-0.25, -0.2) is 0 Å². The zero-order valence-corrected chi connectivity index (χ0v) is 7.16. The van der Waals surface area contributed by atoms with E-state index in [9.17, 15) is 5.11 Å². The predicted molar refractivity (Wildman–Crippen MR) is 43.2 cm³/mol. The lowest BCUT2D eigenvalue weighted by Crippen LogP contribution is -2.47. The summed E-state index contributed by atoms with van der Waals surface area (Å²) in [5, 5.41) is 9.48. The third-order valence-corrected chi connectivity index (χ3v) is 2.52. The van der Waals surface area contributed by atoms with Gasteiger partial charge in [0.15, 0.2) is 0 Å². The van der Waals surface area contributed by atoms with Crippen LogP contribution in [0.3, 0.4) is 0 Å². The summed E-state index contributed by atoms with van der Waals surface area (Å²) in [4.78, 5) is 0. The maximum absolute atomic E-state index is 9.48. The van der Waals surface area contributed by atoms with Crippen molar-refractivity contribution in [3.63, 3.8) is 0 Å². The number of hydrogen-bond donors (Lipinski definition) is 2. The molecule has 0 heterocycles. The number of methoxy groups -OCH3 is 1. The summed E-state index contributed by atoms with van der Waals surface area (Å²) >= 11 is 0. The number of ether oxygens (including phenoxy) is 1.